The fraction of sp³-hybridized carbons (Fsp3) is 0.300. The van der Waals surface area contributed by atoms with Crippen LogP contribution in [0.4, 0.5) is 5.69 Å². The van der Waals surface area contributed by atoms with Gasteiger partial charge in [-0.15, -0.1) is 0 Å². The van der Waals surface area contributed by atoms with Gasteiger partial charge in [-0.2, -0.15) is 0 Å². The fourth-order valence-corrected chi connectivity index (χ4v) is 3.18. The SMILES string of the molecule is CC(=O)NC1C(=O)N(CCCOc2ccccc2)c2c(C)cccc21. The predicted octanol–water partition coefficient (Wildman–Crippen LogP) is 2.99. The number of rotatable bonds is 6. The molecular formula is C20H22N2O3. The van der Waals surface area contributed by atoms with Gasteiger partial charge in [0.15, 0.2) is 0 Å². The third-order valence-electron chi connectivity index (χ3n) is 4.25. The van der Waals surface area contributed by atoms with Crippen LogP contribution in [-0.2, 0) is 9.59 Å². The van der Waals surface area contributed by atoms with E-state index in [2.05, 4.69) is 5.32 Å². The molecule has 1 unspecified atom stereocenters. The van der Waals surface area contributed by atoms with E-state index in [-0.39, 0.29) is 11.8 Å². The van der Waals surface area contributed by atoms with Gasteiger partial charge in [-0.1, -0.05) is 36.4 Å². The third kappa shape index (κ3) is 3.65. The van der Waals surface area contributed by atoms with Crippen molar-refractivity contribution >= 4 is 17.5 Å². The Balaban J connectivity index is 1.69. The maximum atomic E-state index is 12.8. The van der Waals surface area contributed by atoms with Gasteiger partial charge in [0.2, 0.25) is 5.91 Å². The van der Waals surface area contributed by atoms with E-state index in [1.165, 1.54) is 6.92 Å². The Bertz CT molecular complexity index is 774. The maximum absolute atomic E-state index is 12.8. The van der Waals surface area contributed by atoms with Crippen molar-refractivity contribution in [2.45, 2.75) is 26.3 Å². The van der Waals surface area contributed by atoms with Crippen molar-refractivity contribution in [2.75, 3.05) is 18.1 Å². The minimum Gasteiger partial charge on any atom is -0.494 e. The second kappa shape index (κ2) is 7.38. The van der Waals surface area contributed by atoms with E-state index in [1.807, 2.05) is 55.5 Å². The van der Waals surface area contributed by atoms with E-state index >= 15 is 0 Å². The van der Waals surface area contributed by atoms with Crippen molar-refractivity contribution in [2.24, 2.45) is 0 Å². The Morgan fingerprint density at radius 3 is 2.64 bits per heavy atom. The average molecular weight is 338 g/mol. The van der Waals surface area contributed by atoms with Gasteiger partial charge in [-0.3, -0.25) is 9.59 Å². The van der Waals surface area contributed by atoms with Gasteiger partial charge in [-0.25, -0.2) is 0 Å². The Morgan fingerprint density at radius 1 is 1.16 bits per heavy atom. The summed E-state index contributed by atoms with van der Waals surface area (Å²) in [5.74, 6) is 0.530. The van der Waals surface area contributed by atoms with Crippen LogP contribution in [0.25, 0.3) is 0 Å². The topological polar surface area (TPSA) is 58.6 Å². The molecule has 130 valence electrons. The molecule has 0 fully saturated rings. The van der Waals surface area contributed by atoms with E-state index in [0.29, 0.717) is 19.6 Å². The molecule has 3 rings (SSSR count). The molecule has 1 aliphatic rings. The second-order valence-electron chi connectivity index (χ2n) is 6.15. The molecule has 0 bridgehead atoms. The van der Waals surface area contributed by atoms with Crippen molar-refractivity contribution in [1.82, 2.24) is 5.32 Å². The number of benzene rings is 2. The Morgan fingerprint density at radius 2 is 1.92 bits per heavy atom. The standard InChI is InChI=1S/C20H22N2O3/c1-14-8-6-11-17-18(21-15(2)23)20(24)22(19(14)17)12-7-13-25-16-9-4-3-5-10-16/h3-6,8-11,18H,7,12-13H2,1-2H3,(H,21,23). The lowest BCUT2D eigenvalue weighted by Gasteiger charge is -2.19. The van der Waals surface area contributed by atoms with Crippen LogP contribution in [-0.4, -0.2) is 25.0 Å². The smallest absolute Gasteiger partial charge is 0.254 e. The fourth-order valence-electron chi connectivity index (χ4n) is 3.18. The molecule has 0 radical (unpaired) electrons. The minimum absolute atomic E-state index is 0.0841. The van der Waals surface area contributed by atoms with Crippen molar-refractivity contribution in [3.63, 3.8) is 0 Å². The van der Waals surface area contributed by atoms with Gasteiger partial charge in [0.05, 0.1) is 12.3 Å². The van der Waals surface area contributed by atoms with Crippen LogP contribution in [0.2, 0.25) is 0 Å². The summed E-state index contributed by atoms with van der Waals surface area (Å²) in [4.78, 5) is 26.0. The number of ether oxygens (including phenoxy) is 1. The van der Waals surface area contributed by atoms with Crippen LogP contribution in [0, 0.1) is 6.92 Å². The summed E-state index contributed by atoms with van der Waals surface area (Å²) in [6, 6.07) is 14.8. The minimum atomic E-state index is -0.595. The molecule has 25 heavy (non-hydrogen) atoms. The Hall–Kier alpha value is -2.82. The summed E-state index contributed by atoms with van der Waals surface area (Å²) >= 11 is 0. The van der Waals surface area contributed by atoms with Gasteiger partial charge in [0.25, 0.3) is 5.91 Å². The predicted molar refractivity (Wildman–Crippen MR) is 96.6 cm³/mol. The molecule has 2 amide bonds. The van der Waals surface area contributed by atoms with Crippen molar-refractivity contribution in [1.29, 1.82) is 0 Å². The molecule has 1 heterocycles. The molecule has 1 N–H and O–H groups in total. The summed E-state index contributed by atoms with van der Waals surface area (Å²) in [6.07, 6.45) is 0.710. The maximum Gasteiger partial charge on any atom is 0.254 e. The van der Waals surface area contributed by atoms with Crippen molar-refractivity contribution in [3.05, 3.63) is 59.7 Å². The van der Waals surface area contributed by atoms with Crippen LogP contribution in [0.3, 0.4) is 0 Å². The highest BCUT2D eigenvalue weighted by atomic mass is 16.5. The van der Waals surface area contributed by atoms with Gasteiger partial charge >= 0.3 is 0 Å². The molecule has 1 aliphatic heterocycles. The lowest BCUT2D eigenvalue weighted by Crippen LogP contribution is -2.37. The first-order valence-corrected chi connectivity index (χ1v) is 8.44. The Labute approximate surface area is 147 Å². The van der Waals surface area contributed by atoms with E-state index in [1.54, 1.807) is 4.90 Å². The summed E-state index contributed by atoms with van der Waals surface area (Å²) < 4.78 is 5.70. The molecule has 5 nitrogen and oxygen atoms in total. The second-order valence-corrected chi connectivity index (χ2v) is 6.15. The van der Waals surface area contributed by atoms with Crippen molar-refractivity contribution < 1.29 is 14.3 Å². The quantitative estimate of drug-likeness (QED) is 0.824. The molecule has 0 aliphatic carbocycles. The lowest BCUT2D eigenvalue weighted by atomic mass is 10.1. The van der Waals surface area contributed by atoms with E-state index in [0.717, 1.165) is 22.6 Å². The highest BCUT2D eigenvalue weighted by Crippen LogP contribution is 2.38. The summed E-state index contributed by atoms with van der Waals surface area (Å²) in [5.41, 5.74) is 2.80. The van der Waals surface area contributed by atoms with E-state index < -0.39 is 6.04 Å². The molecule has 0 saturated carbocycles. The molecule has 0 spiro atoms. The molecule has 5 heteroatoms. The number of nitrogens with one attached hydrogen (secondary N) is 1. The first-order valence-electron chi connectivity index (χ1n) is 8.44. The van der Waals surface area contributed by atoms with Crippen molar-refractivity contribution in [3.8, 4) is 5.75 Å². The molecule has 0 saturated heterocycles. The molecular weight excluding hydrogens is 316 g/mol. The number of para-hydroxylation sites is 2. The van der Waals surface area contributed by atoms with Crippen LogP contribution in [0.15, 0.2) is 48.5 Å². The van der Waals surface area contributed by atoms with E-state index in [4.69, 9.17) is 4.74 Å². The molecule has 0 aromatic heterocycles. The highest BCUT2D eigenvalue weighted by molar-refractivity contribution is 6.06. The first-order chi connectivity index (χ1) is 12.1. The average Bonchev–Trinajstić information content (AvgIpc) is 2.86. The van der Waals surface area contributed by atoms with Crippen LogP contribution >= 0.6 is 0 Å². The van der Waals surface area contributed by atoms with Crippen LogP contribution in [0.5, 0.6) is 5.75 Å². The number of hydrogen-bond donors (Lipinski definition) is 1. The summed E-state index contributed by atoms with van der Waals surface area (Å²) in [5, 5.41) is 2.76. The molecule has 2 aromatic carbocycles. The number of fused-ring (bicyclic) bond motifs is 1. The van der Waals surface area contributed by atoms with E-state index in [9.17, 15) is 9.59 Å². The number of anilines is 1. The normalized spacial score (nSPS) is 15.8. The largest absolute Gasteiger partial charge is 0.494 e. The van der Waals surface area contributed by atoms with Crippen LogP contribution in [0.1, 0.15) is 30.5 Å². The summed E-state index contributed by atoms with van der Waals surface area (Å²) in [7, 11) is 0. The zero-order valence-electron chi connectivity index (χ0n) is 14.5. The number of carbonyl (C=O) groups excluding carboxylic acids is 2. The number of carbonyl (C=O) groups is 2. The lowest BCUT2D eigenvalue weighted by molar-refractivity contribution is -0.126. The zero-order chi connectivity index (χ0) is 17.8. The number of nitrogens with zero attached hydrogens (tertiary/aromatic N) is 1. The Kier molecular flexibility index (Phi) is 5.03. The first kappa shape index (κ1) is 17.0. The van der Waals surface area contributed by atoms with Gasteiger partial charge in [0.1, 0.15) is 11.8 Å². The van der Waals surface area contributed by atoms with Gasteiger partial charge in [0, 0.05) is 19.0 Å². The summed E-state index contributed by atoms with van der Waals surface area (Å²) in [6.45, 7) is 4.49. The molecule has 2 aromatic rings. The van der Waals surface area contributed by atoms with Gasteiger partial charge < -0.3 is 15.0 Å². The number of amides is 2. The third-order valence-corrected chi connectivity index (χ3v) is 4.25. The highest BCUT2D eigenvalue weighted by Gasteiger charge is 2.38. The van der Waals surface area contributed by atoms with Gasteiger partial charge in [-0.05, 0) is 31.0 Å². The number of aryl methyl sites for hydroxylation is 1. The monoisotopic (exact) mass is 338 g/mol. The zero-order valence-corrected chi connectivity index (χ0v) is 14.5. The molecule has 1 atom stereocenters. The van der Waals surface area contributed by atoms with Crippen LogP contribution < -0.4 is 15.0 Å². The number of hydrogen-bond acceptors (Lipinski definition) is 3.